The van der Waals surface area contributed by atoms with Crippen molar-refractivity contribution in [2.24, 2.45) is 10.2 Å². The van der Waals surface area contributed by atoms with Gasteiger partial charge < -0.3 is 9.47 Å². The number of methoxy groups -OCH3 is 2. The van der Waals surface area contributed by atoms with Crippen LogP contribution in [0.4, 0.5) is 0 Å². The summed E-state index contributed by atoms with van der Waals surface area (Å²) in [5, 5.41) is 8.26. The highest BCUT2D eigenvalue weighted by molar-refractivity contribution is 7.80. The molecule has 90 valence electrons. The molecule has 0 spiro atoms. The lowest BCUT2D eigenvalue weighted by atomic mass is 10.3. The third kappa shape index (κ3) is 6.25. The van der Waals surface area contributed by atoms with Gasteiger partial charge in [0, 0.05) is 0 Å². The molecule has 0 saturated heterocycles. The van der Waals surface area contributed by atoms with E-state index in [4.69, 9.17) is 33.9 Å². The van der Waals surface area contributed by atoms with Crippen molar-refractivity contribution in [2.45, 2.75) is 13.8 Å². The van der Waals surface area contributed by atoms with E-state index in [0.29, 0.717) is 11.4 Å². The lowest BCUT2D eigenvalue weighted by Gasteiger charge is -2.04. The van der Waals surface area contributed by atoms with E-state index in [1.54, 1.807) is 13.8 Å². The van der Waals surface area contributed by atoms with Gasteiger partial charge in [-0.25, -0.2) is 10.9 Å². The van der Waals surface area contributed by atoms with Crippen LogP contribution in [-0.4, -0.2) is 36.0 Å². The molecule has 0 bridgehead atoms. The topological polar surface area (TPSA) is 67.2 Å². The van der Waals surface area contributed by atoms with Crippen LogP contribution in [0.5, 0.6) is 0 Å². The molecule has 0 aliphatic heterocycles. The summed E-state index contributed by atoms with van der Waals surface area (Å²) in [6, 6.07) is 0. The average molecular weight is 262 g/mol. The summed E-state index contributed by atoms with van der Waals surface area (Å²) in [5.41, 5.74) is 6.37. The van der Waals surface area contributed by atoms with Gasteiger partial charge in [0.05, 0.1) is 25.6 Å². The van der Waals surface area contributed by atoms with E-state index in [9.17, 15) is 0 Å². The Morgan fingerprint density at radius 2 is 1.19 bits per heavy atom. The summed E-state index contributed by atoms with van der Waals surface area (Å²) >= 11 is 9.50. The predicted molar refractivity (Wildman–Crippen MR) is 71.7 cm³/mol. The van der Waals surface area contributed by atoms with Crippen molar-refractivity contribution in [1.29, 1.82) is 0 Å². The summed E-state index contributed by atoms with van der Waals surface area (Å²) in [5.74, 6) is 0. The van der Waals surface area contributed by atoms with Crippen LogP contribution in [0.3, 0.4) is 0 Å². The maximum Gasteiger partial charge on any atom is 0.277 e. The number of nitrogens with zero attached hydrogens (tertiary/aromatic N) is 2. The Balaban J connectivity index is 4.30. The second kappa shape index (κ2) is 7.94. The van der Waals surface area contributed by atoms with Crippen molar-refractivity contribution in [3.63, 3.8) is 0 Å². The van der Waals surface area contributed by atoms with Crippen molar-refractivity contribution in [3.8, 4) is 0 Å². The summed E-state index contributed by atoms with van der Waals surface area (Å²) in [6.07, 6.45) is 0. The van der Waals surface area contributed by atoms with E-state index >= 15 is 0 Å². The molecule has 6 nitrogen and oxygen atoms in total. The molecule has 16 heavy (non-hydrogen) atoms. The molecular formula is C8H14N4O2S2. The summed E-state index contributed by atoms with van der Waals surface area (Å²) in [7, 11) is 2.92. The van der Waals surface area contributed by atoms with Crippen LogP contribution in [0.2, 0.25) is 0 Å². The van der Waals surface area contributed by atoms with Crippen LogP contribution < -0.4 is 10.9 Å². The number of rotatable bonds is 3. The van der Waals surface area contributed by atoms with Gasteiger partial charge in [0.25, 0.3) is 10.3 Å². The number of nitrogens with one attached hydrogen (secondary N) is 2. The Hall–Kier alpha value is -1.28. The van der Waals surface area contributed by atoms with E-state index in [2.05, 4.69) is 21.1 Å². The summed E-state index contributed by atoms with van der Waals surface area (Å²) in [4.78, 5) is 0. The smallest absolute Gasteiger partial charge is 0.277 e. The van der Waals surface area contributed by atoms with Crippen molar-refractivity contribution in [1.82, 2.24) is 10.9 Å². The monoisotopic (exact) mass is 262 g/mol. The van der Waals surface area contributed by atoms with E-state index in [-0.39, 0.29) is 10.3 Å². The maximum atomic E-state index is 4.75. The Bertz CT molecular complexity index is 296. The number of hydrogen-bond acceptors (Lipinski definition) is 6. The lowest BCUT2D eigenvalue weighted by molar-refractivity contribution is 0.394. The highest BCUT2D eigenvalue weighted by Crippen LogP contribution is 1.84. The van der Waals surface area contributed by atoms with E-state index < -0.39 is 0 Å². The molecule has 0 heterocycles. The van der Waals surface area contributed by atoms with Crippen molar-refractivity contribution < 1.29 is 9.47 Å². The van der Waals surface area contributed by atoms with Gasteiger partial charge in [0.15, 0.2) is 0 Å². The molecule has 0 saturated carbocycles. The first-order valence-electron chi connectivity index (χ1n) is 4.28. The van der Waals surface area contributed by atoms with Crippen LogP contribution in [0.1, 0.15) is 13.8 Å². The fourth-order valence-corrected chi connectivity index (χ4v) is 0.603. The van der Waals surface area contributed by atoms with E-state index in [0.717, 1.165) is 0 Å². The average Bonchev–Trinajstić information content (AvgIpc) is 2.31. The minimum absolute atomic E-state index is 0.188. The number of hydrogen-bond donors (Lipinski definition) is 2. The van der Waals surface area contributed by atoms with Gasteiger partial charge in [0.2, 0.25) is 0 Å². The molecule has 0 atom stereocenters. The van der Waals surface area contributed by atoms with Crippen LogP contribution in [-0.2, 0) is 9.47 Å². The number of ether oxygens (including phenoxy) is 2. The molecule has 0 aromatic heterocycles. The zero-order valence-electron chi connectivity index (χ0n) is 9.53. The first-order valence-corrected chi connectivity index (χ1v) is 5.09. The second-order valence-corrected chi connectivity index (χ2v) is 3.34. The summed E-state index contributed by atoms with van der Waals surface area (Å²) < 4.78 is 9.43. The first kappa shape index (κ1) is 14.7. The molecule has 0 radical (unpaired) electrons. The third-order valence-electron chi connectivity index (χ3n) is 1.52. The fourth-order valence-electron chi connectivity index (χ4n) is 0.512. The fraction of sp³-hybridized carbons (Fsp3) is 0.500. The standard InChI is InChI=1S/C8H14N4O2S2/c1-5(9-11-7(15)13-3)6(2)10-12-8(16)14-4/h1-4H3,(H,11,15)(H,12,16)/b9-5+,10-6+. The molecule has 0 aliphatic carbocycles. The Morgan fingerprint density at radius 1 is 0.875 bits per heavy atom. The number of hydrazone groups is 2. The lowest BCUT2D eigenvalue weighted by Crippen LogP contribution is -2.23. The molecule has 2 N–H and O–H groups in total. The van der Waals surface area contributed by atoms with Crippen molar-refractivity contribution in [2.75, 3.05) is 14.2 Å². The molecule has 0 aromatic rings. The molecule has 0 amide bonds. The van der Waals surface area contributed by atoms with Crippen LogP contribution >= 0.6 is 24.4 Å². The molecule has 8 heteroatoms. The quantitative estimate of drug-likeness (QED) is 0.445. The zero-order chi connectivity index (χ0) is 12.6. The Morgan fingerprint density at radius 3 is 1.44 bits per heavy atom. The van der Waals surface area contributed by atoms with Gasteiger partial charge in [-0.3, -0.25) is 0 Å². The van der Waals surface area contributed by atoms with Crippen molar-refractivity contribution in [3.05, 3.63) is 0 Å². The Kier molecular flexibility index (Phi) is 7.31. The Labute approximate surface area is 105 Å². The zero-order valence-corrected chi connectivity index (χ0v) is 11.2. The van der Waals surface area contributed by atoms with Gasteiger partial charge in [-0.05, 0) is 38.3 Å². The highest BCUT2D eigenvalue weighted by Gasteiger charge is 1.98. The molecule has 0 fully saturated rings. The SMILES string of the molecule is COC(=S)N/N=C(C)/C(C)=N/NC(=S)OC. The minimum atomic E-state index is 0.188. The van der Waals surface area contributed by atoms with Crippen LogP contribution in [0.25, 0.3) is 0 Å². The van der Waals surface area contributed by atoms with Gasteiger partial charge >= 0.3 is 0 Å². The van der Waals surface area contributed by atoms with Crippen molar-refractivity contribution >= 4 is 46.2 Å². The normalized spacial score (nSPS) is 11.8. The van der Waals surface area contributed by atoms with E-state index in [1.807, 2.05) is 0 Å². The number of thiocarbonyl (C=S) groups is 2. The predicted octanol–water partition coefficient (Wildman–Crippen LogP) is 0.780. The largest absolute Gasteiger partial charge is 0.473 e. The highest BCUT2D eigenvalue weighted by atomic mass is 32.1. The maximum absolute atomic E-state index is 4.75. The molecule has 0 unspecified atom stereocenters. The molecular weight excluding hydrogens is 248 g/mol. The molecule has 0 rings (SSSR count). The van der Waals surface area contributed by atoms with Crippen LogP contribution in [0.15, 0.2) is 10.2 Å². The first-order chi connectivity index (χ1) is 7.51. The van der Waals surface area contributed by atoms with Gasteiger partial charge in [0.1, 0.15) is 0 Å². The third-order valence-corrected chi connectivity index (χ3v) is 2.04. The summed E-state index contributed by atoms with van der Waals surface area (Å²) in [6.45, 7) is 3.53. The van der Waals surface area contributed by atoms with E-state index in [1.165, 1.54) is 14.2 Å². The van der Waals surface area contributed by atoms with Crippen LogP contribution in [0, 0.1) is 0 Å². The van der Waals surface area contributed by atoms with Gasteiger partial charge in [-0.2, -0.15) is 10.2 Å². The minimum Gasteiger partial charge on any atom is -0.473 e. The van der Waals surface area contributed by atoms with Gasteiger partial charge in [-0.1, -0.05) is 0 Å². The van der Waals surface area contributed by atoms with Gasteiger partial charge in [-0.15, -0.1) is 0 Å². The second-order valence-electron chi connectivity index (χ2n) is 2.60. The molecule has 0 aliphatic rings. The molecule has 0 aromatic carbocycles.